The topological polar surface area (TPSA) is 107 Å². The number of ether oxygens (including phenoxy) is 1. The highest BCUT2D eigenvalue weighted by Crippen LogP contribution is 2.28. The van der Waals surface area contributed by atoms with Gasteiger partial charge in [0.1, 0.15) is 5.75 Å². The number of carbonyl (C=O) groups is 1. The maximum absolute atomic E-state index is 11.7. The number of methoxy groups -OCH3 is 1. The normalized spacial score (nSPS) is 11.7. The average molecular weight is 363 g/mol. The Kier molecular flexibility index (Phi) is 5.32. The molecule has 0 aliphatic rings. The monoisotopic (exact) mass is 363 g/mol. The molecular weight excluding hydrogens is 346 g/mol. The van der Waals surface area contributed by atoms with E-state index in [2.05, 4.69) is 10.5 Å². The van der Waals surface area contributed by atoms with E-state index in [9.17, 15) is 9.59 Å². The minimum absolute atomic E-state index is 0.296. The molecule has 3 aromatic rings. The van der Waals surface area contributed by atoms with Crippen LogP contribution in [0.5, 0.6) is 5.75 Å². The first kappa shape index (κ1) is 17.9. The van der Waals surface area contributed by atoms with Crippen LogP contribution in [0.15, 0.2) is 75.0 Å². The molecule has 2 aromatic carbocycles. The van der Waals surface area contributed by atoms with Crippen LogP contribution in [0.1, 0.15) is 11.1 Å². The quantitative estimate of drug-likeness (QED) is 0.413. The van der Waals surface area contributed by atoms with Crippen LogP contribution in [0.25, 0.3) is 17.0 Å². The standard InChI is InChI=1S/C20H17N3O4/c1-26-16-11-8-14-9-12-17(24)27-19(14)18(16)15(22-23-20(21)25)10-7-13-5-3-2-4-6-13/h2-12H,1H3,(H3,21,23,25)/b10-7+,22-15+. The average Bonchev–Trinajstić information content (AvgIpc) is 2.68. The molecule has 0 radical (unpaired) electrons. The number of nitrogens with two attached hydrogens (primary N) is 1. The van der Waals surface area contributed by atoms with Gasteiger partial charge in [-0.1, -0.05) is 36.4 Å². The van der Waals surface area contributed by atoms with Crippen LogP contribution in [0.2, 0.25) is 0 Å². The largest absolute Gasteiger partial charge is 0.496 e. The summed E-state index contributed by atoms with van der Waals surface area (Å²) in [4.78, 5) is 22.9. The highest BCUT2D eigenvalue weighted by atomic mass is 16.5. The SMILES string of the molecule is COc1ccc2ccc(=O)oc2c1C(/C=C/c1ccccc1)=N/NC(N)=O. The second-order valence-corrected chi connectivity index (χ2v) is 5.53. The summed E-state index contributed by atoms with van der Waals surface area (Å²) in [7, 11) is 1.49. The van der Waals surface area contributed by atoms with Crippen LogP contribution in [-0.2, 0) is 0 Å². The van der Waals surface area contributed by atoms with E-state index in [1.54, 1.807) is 30.4 Å². The highest BCUT2D eigenvalue weighted by Gasteiger charge is 2.16. The van der Waals surface area contributed by atoms with Gasteiger partial charge >= 0.3 is 11.7 Å². The maximum Gasteiger partial charge on any atom is 0.336 e. The van der Waals surface area contributed by atoms with Gasteiger partial charge in [0.2, 0.25) is 0 Å². The lowest BCUT2D eigenvalue weighted by Gasteiger charge is -2.11. The summed E-state index contributed by atoms with van der Waals surface area (Å²) in [5, 5.41) is 4.75. The van der Waals surface area contributed by atoms with Gasteiger partial charge in [-0.3, -0.25) is 0 Å². The van der Waals surface area contributed by atoms with E-state index in [1.165, 1.54) is 13.2 Å². The molecule has 0 saturated carbocycles. The molecule has 0 saturated heterocycles. The molecule has 3 N–H and O–H groups in total. The van der Waals surface area contributed by atoms with Gasteiger partial charge in [-0.15, -0.1) is 0 Å². The lowest BCUT2D eigenvalue weighted by Crippen LogP contribution is -2.25. The summed E-state index contributed by atoms with van der Waals surface area (Å²) in [6, 6.07) is 15.2. The minimum atomic E-state index is -0.818. The molecule has 27 heavy (non-hydrogen) atoms. The minimum Gasteiger partial charge on any atom is -0.496 e. The third-order valence-electron chi connectivity index (χ3n) is 3.75. The molecule has 0 spiro atoms. The first-order valence-corrected chi connectivity index (χ1v) is 8.06. The first-order valence-electron chi connectivity index (χ1n) is 8.06. The molecule has 1 aromatic heterocycles. The molecule has 7 heteroatoms. The van der Waals surface area contributed by atoms with Crippen LogP contribution in [0.3, 0.4) is 0 Å². The number of benzene rings is 2. The van der Waals surface area contributed by atoms with Crippen molar-refractivity contribution >= 4 is 28.8 Å². The number of hydrogen-bond donors (Lipinski definition) is 2. The molecular formula is C20H17N3O4. The molecule has 0 aliphatic heterocycles. The zero-order chi connectivity index (χ0) is 19.2. The van der Waals surface area contributed by atoms with Crippen molar-refractivity contribution < 1.29 is 13.9 Å². The van der Waals surface area contributed by atoms with Crippen LogP contribution >= 0.6 is 0 Å². The molecule has 0 aliphatic carbocycles. The van der Waals surface area contributed by atoms with Crippen molar-refractivity contribution in [2.24, 2.45) is 10.8 Å². The Morgan fingerprint density at radius 2 is 1.89 bits per heavy atom. The fourth-order valence-corrected chi connectivity index (χ4v) is 2.56. The smallest absolute Gasteiger partial charge is 0.336 e. The van der Waals surface area contributed by atoms with Crippen molar-refractivity contribution in [3.05, 3.63) is 82.2 Å². The van der Waals surface area contributed by atoms with Gasteiger partial charge < -0.3 is 14.9 Å². The summed E-state index contributed by atoms with van der Waals surface area (Å²) in [5.41, 5.74) is 8.81. The lowest BCUT2D eigenvalue weighted by atomic mass is 10.0. The number of amides is 2. The van der Waals surface area contributed by atoms with Crippen molar-refractivity contribution in [2.75, 3.05) is 7.11 Å². The molecule has 3 rings (SSSR count). The predicted octanol–water partition coefficient (Wildman–Crippen LogP) is 2.89. The molecule has 0 atom stereocenters. The van der Waals surface area contributed by atoms with Crippen molar-refractivity contribution in [3.63, 3.8) is 0 Å². The van der Waals surface area contributed by atoms with Gasteiger partial charge in [-0.25, -0.2) is 15.0 Å². The van der Waals surface area contributed by atoms with Crippen molar-refractivity contribution in [2.45, 2.75) is 0 Å². The number of carbonyl (C=O) groups excluding carboxylic acids is 1. The predicted molar refractivity (Wildman–Crippen MR) is 104 cm³/mol. The number of fused-ring (bicyclic) bond motifs is 1. The summed E-state index contributed by atoms with van der Waals surface area (Å²) in [5.74, 6) is 0.430. The van der Waals surface area contributed by atoms with Crippen molar-refractivity contribution in [3.8, 4) is 5.75 Å². The second kappa shape index (κ2) is 8.01. The number of nitrogens with zero attached hydrogens (tertiary/aromatic N) is 1. The highest BCUT2D eigenvalue weighted by molar-refractivity contribution is 6.18. The Labute approximate surface area is 154 Å². The summed E-state index contributed by atoms with van der Waals surface area (Å²) >= 11 is 0. The van der Waals surface area contributed by atoms with Crippen LogP contribution in [0, 0.1) is 0 Å². The number of nitrogens with one attached hydrogen (secondary N) is 1. The fourth-order valence-electron chi connectivity index (χ4n) is 2.56. The molecule has 1 heterocycles. The number of hydrazone groups is 1. The van der Waals surface area contributed by atoms with Crippen LogP contribution in [0.4, 0.5) is 4.79 Å². The van der Waals surface area contributed by atoms with Gasteiger partial charge in [0.15, 0.2) is 5.58 Å². The third-order valence-corrected chi connectivity index (χ3v) is 3.75. The van der Waals surface area contributed by atoms with Crippen LogP contribution < -0.4 is 21.5 Å². The zero-order valence-corrected chi connectivity index (χ0v) is 14.5. The Morgan fingerprint density at radius 1 is 1.15 bits per heavy atom. The Hall–Kier alpha value is -3.87. The van der Waals surface area contributed by atoms with E-state index in [0.717, 1.165) is 5.56 Å². The van der Waals surface area contributed by atoms with E-state index in [-0.39, 0.29) is 0 Å². The molecule has 0 bridgehead atoms. The second-order valence-electron chi connectivity index (χ2n) is 5.53. The number of urea groups is 1. The van der Waals surface area contributed by atoms with E-state index >= 15 is 0 Å². The summed E-state index contributed by atoms with van der Waals surface area (Å²) < 4.78 is 10.8. The number of primary amides is 1. The first-order chi connectivity index (χ1) is 13.1. The Bertz CT molecular complexity index is 1090. The van der Waals surface area contributed by atoms with Gasteiger partial charge in [0.25, 0.3) is 0 Å². The third kappa shape index (κ3) is 4.21. The molecule has 0 unspecified atom stereocenters. The van der Waals surface area contributed by atoms with E-state index in [0.29, 0.717) is 28.0 Å². The maximum atomic E-state index is 11.7. The summed E-state index contributed by atoms with van der Waals surface area (Å²) in [6.45, 7) is 0. The zero-order valence-electron chi connectivity index (χ0n) is 14.5. The van der Waals surface area contributed by atoms with Gasteiger partial charge in [0, 0.05) is 11.5 Å². The molecule has 136 valence electrons. The molecule has 2 amide bonds. The number of allylic oxidation sites excluding steroid dienone is 1. The Balaban J connectivity index is 2.21. The van der Waals surface area contributed by atoms with Gasteiger partial charge in [-0.05, 0) is 29.8 Å². The van der Waals surface area contributed by atoms with Crippen molar-refractivity contribution in [1.29, 1.82) is 0 Å². The summed E-state index contributed by atoms with van der Waals surface area (Å²) in [6.07, 6.45) is 3.48. The molecule has 7 nitrogen and oxygen atoms in total. The van der Waals surface area contributed by atoms with Gasteiger partial charge in [0.05, 0.1) is 18.4 Å². The lowest BCUT2D eigenvalue weighted by molar-refractivity contribution is 0.249. The fraction of sp³-hybridized carbons (Fsp3) is 0.0500. The van der Waals surface area contributed by atoms with Gasteiger partial charge in [-0.2, -0.15) is 5.10 Å². The van der Waals surface area contributed by atoms with Crippen molar-refractivity contribution in [1.82, 2.24) is 5.43 Å². The number of rotatable bonds is 5. The Morgan fingerprint density at radius 3 is 2.59 bits per heavy atom. The van der Waals surface area contributed by atoms with E-state index in [4.69, 9.17) is 14.9 Å². The van der Waals surface area contributed by atoms with E-state index in [1.807, 2.05) is 30.3 Å². The molecule has 0 fully saturated rings. The number of hydrogen-bond acceptors (Lipinski definition) is 5. The van der Waals surface area contributed by atoms with E-state index < -0.39 is 11.7 Å². The van der Waals surface area contributed by atoms with Crippen LogP contribution in [-0.4, -0.2) is 18.9 Å².